The first-order valence-corrected chi connectivity index (χ1v) is 13.0. The zero-order valence-electron chi connectivity index (χ0n) is 19.9. The SMILES string of the molecule is O=C1CC[C@H](N2Cc3cc(N4CCC(CN5CC6(CCNCC6)C5)CC4)ccc3C2=O)C(=O)N1. The lowest BCUT2D eigenvalue weighted by Gasteiger charge is -2.54. The van der Waals surface area contributed by atoms with Gasteiger partial charge in [-0.05, 0) is 80.3 Å². The molecule has 0 radical (unpaired) electrons. The van der Waals surface area contributed by atoms with Crippen LogP contribution in [0.1, 0.15) is 54.4 Å². The number of piperidine rings is 3. The fraction of sp³-hybridized carbons (Fsp3) is 0.654. The highest BCUT2D eigenvalue weighted by molar-refractivity contribution is 6.05. The molecule has 6 rings (SSSR count). The number of carbonyl (C=O) groups excluding carboxylic acids is 3. The molecule has 1 aromatic rings. The van der Waals surface area contributed by atoms with Crippen LogP contribution >= 0.6 is 0 Å². The van der Waals surface area contributed by atoms with Crippen LogP contribution in [-0.4, -0.2) is 79.4 Å². The molecule has 0 bridgehead atoms. The van der Waals surface area contributed by atoms with Crippen LogP contribution in [0.2, 0.25) is 0 Å². The highest BCUT2D eigenvalue weighted by Gasteiger charge is 2.44. The first-order valence-electron chi connectivity index (χ1n) is 13.0. The first kappa shape index (κ1) is 22.0. The number of amides is 3. The Bertz CT molecular complexity index is 988. The summed E-state index contributed by atoms with van der Waals surface area (Å²) in [6, 6.07) is 5.56. The number of imide groups is 1. The van der Waals surface area contributed by atoms with E-state index in [9.17, 15) is 14.4 Å². The van der Waals surface area contributed by atoms with Crippen LogP contribution in [0, 0.1) is 11.3 Å². The molecule has 8 heteroatoms. The quantitative estimate of drug-likeness (QED) is 0.653. The van der Waals surface area contributed by atoms with Gasteiger partial charge in [0.2, 0.25) is 11.8 Å². The van der Waals surface area contributed by atoms with Gasteiger partial charge in [-0.15, -0.1) is 0 Å². The highest BCUT2D eigenvalue weighted by atomic mass is 16.2. The minimum atomic E-state index is -0.553. The Morgan fingerprint density at radius 3 is 2.50 bits per heavy atom. The Kier molecular flexibility index (Phi) is 5.60. The Morgan fingerprint density at radius 1 is 1.00 bits per heavy atom. The lowest BCUT2D eigenvalue weighted by Crippen LogP contribution is -2.60. The maximum Gasteiger partial charge on any atom is 0.255 e. The minimum Gasteiger partial charge on any atom is -0.372 e. The second-order valence-corrected chi connectivity index (χ2v) is 11.1. The van der Waals surface area contributed by atoms with Gasteiger partial charge in [0.15, 0.2) is 0 Å². The largest absolute Gasteiger partial charge is 0.372 e. The van der Waals surface area contributed by atoms with Gasteiger partial charge in [0.05, 0.1) is 0 Å². The van der Waals surface area contributed by atoms with E-state index in [2.05, 4.69) is 32.6 Å². The molecule has 182 valence electrons. The van der Waals surface area contributed by atoms with E-state index in [1.807, 2.05) is 6.07 Å². The molecule has 1 atom stereocenters. The monoisotopic (exact) mass is 465 g/mol. The summed E-state index contributed by atoms with van der Waals surface area (Å²) in [6.07, 6.45) is 5.78. The normalized spacial score (nSPS) is 27.6. The van der Waals surface area contributed by atoms with E-state index in [0.717, 1.165) is 24.6 Å². The van der Waals surface area contributed by atoms with Crippen molar-refractivity contribution in [2.24, 2.45) is 11.3 Å². The minimum absolute atomic E-state index is 0.101. The maximum absolute atomic E-state index is 12.9. The van der Waals surface area contributed by atoms with E-state index in [0.29, 0.717) is 23.9 Å². The molecule has 4 saturated heterocycles. The van der Waals surface area contributed by atoms with Gasteiger partial charge >= 0.3 is 0 Å². The van der Waals surface area contributed by atoms with E-state index in [1.165, 1.54) is 64.1 Å². The molecule has 0 unspecified atom stereocenters. The number of hydrogen-bond acceptors (Lipinski definition) is 6. The van der Waals surface area contributed by atoms with Gasteiger partial charge in [-0.3, -0.25) is 19.7 Å². The van der Waals surface area contributed by atoms with E-state index in [-0.39, 0.29) is 24.1 Å². The molecule has 3 amide bonds. The number of anilines is 1. The zero-order chi connectivity index (χ0) is 23.3. The third kappa shape index (κ3) is 4.01. The van der Waals surface area contributed by atoms with Gasteiger partial charge < -0.3 is 20.0 Å². The van der Waals surface area contributed by atoms with Gasteiger partial charge in [0.1, 0.15) is 6.04 Å². The van der Waals surface area contributed by atoms with E-state index in [4.69, 9.17) is 0 Å². The predicted molar refractivity (Wildman–Crippen MR) is 128 cm³/mol. The van der Waals surface area contributed by atoms with Gasteiger partial charge in [0, 0.05) is 56.9 Å². The number of likely N-dealkylation sites (tertiary alicyclic amines) is 1. The summed E-state index contributed by atoms with van der Waals surface area (Å²) in [6.45, 7) is 8.73. The number of nitrogens with one attached hydrogen (secondary N) is 2. The molecule has 0 aromatic heterocycles. The number of nitrogens with zero attached hydrogens (tertiary/aromatic N) is 3. The fourth-order valence-electron chi connectivity index (χ4n) is 6.80. The zero-order valence-corrected chi connectivity index (χ0v) is 19.9. The topological polar surface area (TPSA) is 85.0 Å². The molecule has 1 spiro atoms. The molecule has 0 aliphatic carbocycles. The molecule has 1 aromatic carbocycles. The summed E-state index contributed by atoms with van der Waals surface area (Å²) in [5.41, 5.74) is 3.46. The number of carbonyl (C=O) groups is 3. The predicted octanol–water partition coefficient (Wildman–Crippen LogP) is 1.35. The van der Waals surface area contributed by atoms with E-state index < -0.39 is 6.04 Å². The van der Waals surface area contributed by atoms with E-state index >= 15 is 0 Å². The van der Waals surface area contributed by atoms with Gasteiger partial charge in [-0.1, -0.05) is 0 Å². The molecule has 5 aliphatic heterocycles. The Hall–Kier alpha value is -2.45. The molecule has 5 heterocycles. The summed E-state index contributed by atoms with van der Waals surface area (Å²) >= 11 is 0. The fourth-order valence-corrected chi connectivity index (χ4v) is 6.80. The summed E-state index contributed by atoms with van der Waals surface area (Å²) in [4.78, 5) is 43.5. The van der Waals surface area contributed by atoms with Crippen LogP contribution < -0.4 is 15.5 Å². The van der Waals surface area contributed by atoms with Crippen molar-refractivity contribution in [1.29, 1.82) is 0 Å². The lowest BCUT2D eigenvalue weighted by atomic mass is 9.72. The standard InChI is InChI=1S/C26H35N5O3/c32-23-4-3-22(24(33)28-23)31-15-19-13-20(1-2-21(19)25(31)34)30-11-5-18(6-12-30)14-29-16-26(17-29)7-9-27-10-8-26/h1-2,13,18,22,27H,3-12,14-17H2,(H,28,32,33)/t22-/m0/s1. The Balaban J connectivity index is 1.03. The summed E-state index contributed by atoms with van der Waals surface area (Å²) in [5.74, 6) is 0.0640. The average molecular weight is 466 g/mol. The highest BCUT2D eigenvalue weighted by Crippen LogP contribution is 2.40. The van der Waals surface area contributed by atoms with Gasteiger partial charge in [-0.2, -0.15) is 0 Å². The van der Waals surface area contributed by atoms with Crippen molar-refractivity contribution in [2.45, 2.75) is 51.1 Å². The molecule has 2 N–H and O–H groups in total. The van der Waals surface area contributed by atoms with Crippen LogP contribution in [0.4, 0.5) is 5.69 Å². The van der Waals surface area contributed by atoms with Crippen LogP contribution in [0.15, 0.2) is 18.2 Å². The Labute approximate surface area is 201 Å². The average Bonchev–Trinajstić information content (AvgIpc) is 3.15. The van der Waals surface area contributed by atoms with Gasteiger partial charge in [-0.25, -0.2) is 0 Å². The van der Waals surface area contributed by atoms with Crippen molar-refractivity contribution in [3.05, 3.63) is 29.3 Å². The number of benzene rings is 1. The maximum atomic E-state index is 12.9. The summed E-state index contributed by atoms with van der Waals surface area (Å²) in [7, 11) is 0. The molecule has 0 saturated carbocycles. The van der Waals surface area contributed by atoms with Crippen molar-refractivity contribution in [2.75, 3.05) is 50.7 Å². The molecule has 4 fully saturated rings. The molecular formula is C26H35N5O3. The number of rotatable bonds is 4. The van der Waals surface area contributed by atoms with Crippen LogP contribution in [0.25, 0.3) is 0 Å². The molecule has 8 nitrogen and oxygen atoms in total. The van der Waals surface area contributed by atoms with Crippen molar-refractivity contribution in [1.82, 2.24) is 20.4 Å². The van der Waals surface area contributed by atoms with Gasteiger partial charge in [0.25, 0.3) is 5.91 Å². The van der Waals surface area contributed by atoms with Crippen LogP contribution in [-0.2, 0) is 16.1 Å². The Morgan fingerprint density at radius 2 is 1.76 bits per heavy atom. The lowest BCUT2D eigenvalue weighted by molar-refractivity contribution is -0.136. The first-order chi connectivity index (χ1) is 16.5. The van der Waals surface area contributed by atoms with Crippen molar-refractivity contribution in [3.8, 4) is 0 Å². The molecular weight excluding hydrogens is 430 g/mol. The third-order valence-electron chi connectivity index (χ3n) is 8.79. The summed E-state index contributed by atoms with van der Waals surface area (Å²) < 4.78 is 0. The molecule has 5 aliphatic rings. The second-order valence-electron chi connectivity index (χ2n) is 11.1. The van der Waals surface area contributed by atoms with Crippen molar-refractivity contribution in [3.63, 3.8) is 0 Å². The molecule has 34 heavy (non-hydrogen) atoms. The third-order valence-corrected chi connectivity index (χ3v) is 8.79. The van der Waals surface area contributed by atoms with Crippen LogP contribution in [0.3, 0.4) is 0 Å². The number of fused-ring (bicyclic) bond motifs is 1. The van der Waals surface area contributed by atoms with Crippen molar-refractivity contribution >= 4 is 23.4 Å². The smallest absolute Gasteiger partial charge is 0.255 e. The van der Waals surface area contributed by atoms with E-state index in [1.54, 1.807) is 4.90 Å². The summed E-state index contributed by atoms with van der Waals surface area (Å²) in [5, 5.41) is 5.86. The van der Waals surface area contributed by atoms with Crippen molar-refractivity contribution < 1.29 is 14.4 Å². The second kappa shape index (κ2) is 8.64. The number of hydrogen-bond donors (Lipinski definition) is 2. The van der Waals surface area contributed by atoms with Crippen LogP contribution in [0.5, 0.6) is 0 Å².